The van der Waals surface area contributed by atoms with Crippen LogP contribution in [-0.4, -0.2) is 6.54 Å². The minimum Gasteiger partial charge on any atom is -0.312 e. The normalized spacial score (nSPS) is 20.5. The van der Waals surface area contributed by atoms with Crippen LogP contribution in [0.25, 0.3) is 0 Å². The zero-order valence-electron chi connectivity index (χ0n) is 9.93. The fraction of sp³-hybridized carbons (Fsp3) is 0.538. The first-order chi connectivity index (χ1) is 7.89. The molecule has 1 atom stereocenters. The molecular weight excluding hydrogens is 227 g/mol. The van der Waals surface area contributed by atoms with Gasteiger partial charge in [-0.15, -0.1) is 0 Å². The first kappa shape index (κ1) is 12.4. The van der Waals surface area contributed by atoms with Gasteiger partial charge in [-0.25, -0.2) is 0 Å². The summed E-state index contributed by atoms with van der Waals surface area (Å²) in [5.41, 5.74) is 1.29. The van der Waals surface area contributed by atoms with Gasteiger partial charge in [-0.05, 0) is 35.1 Å². The SMILES string of the molecule is CC(C)C1CNCc2cc(C(F)(F)F)ccc21. The highest BCUT2D eigenvalue weighted by molar-refractivity contribution is 5.37. The molecule has 1 heterocycles. The highest BCUT2D eigenvalue weighted by Gasteiger charge is 2.32. The van der Waals surface area contributed by atoms with E-state index < -0.39 is 11.7 Å². The number of halogens is 3. The third-order valence-corrected chi connectivity index (χ3v) is 3.35. The first-order valence-electron chi connectivity index (χ1n) is 5.80. The van der Waals surface area contributed by atoms with E-state index in [2.05, 4.69) is 19.2 Å². The molecule has 1 aromatic carbocycles. The molecule has 1 aromatic rings. The summed E-state index contributed by atoms with van der Waals surface area (Å²) in [5.74, 6) is 0.735. The van der Waals surface area contributed by atoms with Crippen LogP contribution in [0.15, 0.2) is 18.2 Å². The van der Waals surface area contributed by atoms with Crippen LogP contribution < -0.4 is 5.32 Å². The van der Waals surface area contributed by atoms with Gasteiger partial charge in [0.2, 0.25) is 0 Å². The van der Waals surface area contributed by atoms with E-state index in [0.29, 0.717) is 18.4 Å². The van der Waals surface area contributed by atoms with E-state index in [1.165, 1.54) is 12.1 Å². The van der Waals surface area contributed by atoms with Crippen molar-refractivity contribution in [2.24, 2.45) is 5.92 Å². The Morgan fingerprint density at radius 1 is 1.29 bits per heavy atom. The lowest BCUT2D eigenvalue weighted by molar-refractivity contribution is -0.137. The maximum absolute atomic E-state index is 12.6. The average Bonchev–Trinajstić information content (AvgIpc) is 2.26. The van der Waals surface area contributed by atoms with Crippen LogP contribution in [0.3, 0.4) is 0 Å². The monoisotopic (exact) mass is 243 g/mol. The Bertz CT molecular complexity index is 410. The summed E-state index contributed by atoms with van der Waals surface area (Å²) in [6.45, 7) is 5.57. The molecule has 1 nitrogen and oxygen atoms in total. The van der Waals surface area contributed by atoms with E-state index in [1.807, 2.05) is 0 Å². The van der Waals surface area contributed by atoms with Gasteiger partial charge in [-0.1, -0.05) is 19.9 Å². The van der Waals surface area contributed by atoms with Crippen LogP contribution in [0.1, 0.15) is 36.5 Å². The quantitative estimate of drug-likeness (QED) is 0.795. The number of rotatable bonds is 1. The lowest BCUT2D eigenvalue weighted by atomic mass is 9.82. The van der Waals surface area contributed by atoms with Crippen molar-refractivity contribution < 1.29 is 13.2 Å². The third-order valence-electron chi connectivity index (χ3n) is 3.35. The van der Waals surface area contributed by atoms with Gasteiger partial charge in [-0.2, -0.15) is 13.2 Å². The van der Waals surface area contributed by atoms with Crippen molar-refractivity contribution in [1.82, 2.24) is 5.32 Å². The molecule has 0 amide bonds. The molecule has 1 N–H and O–H groups in total. The van der Waals surface area contributed by atoms with Gasteiger partial charge >= 0.3 is 6.18 Å². The molecule has 94 valence electrons. The van der Waals surface area contributed by atoms with Crippen LogP contribution in [0, 0.1) is 5.92 Å². The highest BCUT2D eigenvalue weighted by atomic mass is 19.4. The van der Waals surface area contributed by atoms with Gasteiger partial charge < -0.3 is 5.32 Å². The average molecular weight is 243 g/mol. The molecular formula is C13H16F3N. The van der Waals surface area contributed by atoms with Crippen molar-refractivity contribution in [3.63, 3.8) is 0 Å². The maximum Gasteiger partial charge on any atom is 0.416 e. The predicted molar refractivity (Wildman–Crippen MR) is 60.7 cm³/mol. The largest absolute Gasteiger partial charge is 0.416 e. The first-order valence-corrected chi connectivity index (χ1v) is 5.80. The Kier molecular flexibility index (Phi) is 3.17. The number of nitrogens with one attached hydrogen (secondary N) is 1. The Labute approximate surface area is 99.0 Å². The van der Waals surface area contributed by atoms with Gasteiger partial charge in [0.15, 0.2) is 0 Å². The van der Waals surface area contributed by atoms with Crippen LogP contribution in [-0.2, 0) is 12.7 Å². The van der Waals surface area contributed by atoms with Crippen LogP contribution in [0.4, 0.5) is 13.2 Å². The molecule has 0 aliphatic carbocycles. The van der Waals surface area contributed by atoms with Gasteiger partial charge in [0, 0.05) is 13.1 Å². The number of benzene rings is 1. The van der Waals surface area contributed by atoms with E-state index in [1.54, 1.807) is 6.07 Å². The molecule has 4 heteroatoms. The van der Waals surface area contributed by atoms with Crippen molar-refractivity contribution in [2.75, 3.05) is 6.54 Å². The molecule has 2 rings (SSSR count). The van der Waals surface area contributed by atoms with E-state index in [9.17, 15) is 13.2 Å². The molecule has 1 aliphatic heterocycles. The number of alkyl halides is 3. The highest BCUT2D eigenvalue weighted by Crippen LogP contribution is 2.35. The summed E-state index contributed by atoms with van der Waals surface area (Å²) < 4.78 is 37.8. The fourth-order valence-electron chi connectivity index (χ4n) is 2.36. The number of hydrogen-bond donors (Lipinski definition) is 1. The molecule has 1 aliphatic rings. The van der Waals surface area contributed by atoms with Crippen molar-refractivity contribution in [3.8, 4) is 0 Å². The molecule has 0 saturated carbocycles. The Balaban J connectivity index is 2.40. The molecule has 0 bridgehead atoms. The minimum absolute atomic E-state index is 0.307. The third kappa shape index (κ3) is 2.46. The molecule has 0 fully saturated rings. The number of fused-ring (bicyclic) bond motifs is 1. The minimum atomic E-state index is -4.25. The maximum atomic E-state index is 12.6. The Hall–Kier alpha value is -1.03. The van der Waals surface area contributed by atoms with Crippen molar-refractivity contribution in [1.29, 1.82) is 0 Å². The predicted octanol–water partition coefficient (Wildman–Crippen LogP) is 3.55. The molecule has 0 spiro atoms. The standard InChI is InChI=1S/C13H16F3N/c1-8(2)12-7-17-6-9-5-10(13(14,15)16)3-4-11(9)12/h3-5,8,12,17H,6-7H2,1-2H3. The summed E-state index contributed by atoms with van der Waals surface area (Å²) in [7, 11) is 0. The summed E-state index contributed by atoms with van der Waals surface area (Å²) in [6, 6.07) is 4.11. The van der Waals surface area contributed by atoms with Gasteiger partial charge in [0.1, 0.15) is 0 Å². The summed E-state index contributed by atoms with van der Waals surface area (Å²) >= 11 is 0. The second kappa shape index (κ2) is 4.33. The molecule has 1 unspecified atom stereocenters. The zero-order chi connectivity index (χ0) is 12.6. The van der Waals surface area contributed by atoms with E-state index >= 15 is 0 Å². The summed E-state index contributed by atoms with van der Waals surface area (Å²) in [5, 5.41) is 3.18. The van der Waals surface area contributed by atoms with Gasteiger partial charge in [0.05, 0.1) is 5.56 Å². The summed E-state index contributed by atoms with van der Waals surface area (Å²) in [6.07, 6.45) is -4.25. The second-order valence-corrected chi connectivity index (χ2v) is 4.89. The lowest BCUT2D eigenvalue weighted by Crippen LogP contribution is -2.31. The van der Waals surface area contributed by atoms with Crippen LogP contribution in [0.2, 0.25) is 0 Å². The van der Waals surface area contributed by atoms with E-state index in [0.717, 1.165) is 17.7 Å². The second-order valence-electron chi connectivity index (χ2n) is 4.89. The topological polar surface area (TPSA) is 12.0 Å². The summed E-state index contributed by atoms with van der Waals surface area (Å²) in [4.78, 5) is 0. The van der Waals surface area contributed by atoms with Crippen LogP contribution >= 0.6 is 0 Å². The van der Waals surface area contributed by atoms with Gasteiger partial charge in [-0.3, -0.25) is 0 Å². The van der Waals surface area contributed by atoms with Crippen molar-refractivity contribution >= 4 is 0 Å². The van der Waals surface area contributed by atoms with E-state index in [4.69, 9.17) is 0 Å². The lowest BCUT2D eigenvalue weighted by Gasteiger charge is -2.29. The zero-order valence-corrected chi connectivity index (χ0v) is 9.93. The number of hydrogen-bond acceptors (Lipinski definition) is 1. The van der Waals surface area contributed by atoms with Crippen molar-refractivity contribution in [2.45, 2.75) is 32.5 Å². The smallest absolute Gasteiger partial charge is 0.312 e. The van der Waals surface area contributed by atoms with Gasteiger partial charge in [0.25, 0.3) is 0 Å². The van der Waals surface area contributed by atoms with Crippen LogP contribution in [0.5, 0.6) is 0 Å². The van der Waals surface area contributed by atoms with E-state index in [-0.39, 0.29) is 0 Å². The molecule has 0 aromatic heterocycles. The van der Waals surface area contributed by atoms with Crippen molar-refractivity contribution in [3.05, 3.63) is 34.9 Å². The molecule has 0 saturated heterocycles. The Morgan fingerprint density at radius 2 is 2.00 bits per heavy atom. The Morgan fingerprint density at radius 3 is 2.59 bits per heavy atom. The molecule has 0 radical (unpaired) electrons. The molecule has 17 heavy (non-hydrogen) atoms. The fourth-order valence-corrected chi connectivity index (χ4v) is 2.36.